The van der Waals surface area contributed by atoms with Crippen molar-refractivity contribution in [3.63, 3.8) is 0 Å². The van der Waals surface area contributed by atoms with Gasteiger partial charge in [0.2, 0.25) is 5.91 Å². The topological polar surface area (TPSA) is 63.1 Å². The number of thioether (sulfide) groups is 1. The second-order valence-electron chi connectivity index (χ2n) is 6.14. The van der Waals surface area contributed by atoms with Gasteiger partial charge in [0.15, 0.2) is 5.16 Å². The van der Waals surface area contributed by atoms with E-state index in [0.717, 1.165) is 41.7 Å². The van der Waals surface area contributed by atoms with Crippen LogP contribution < -0.4 is 10.2 Å². The number of nitrogens with one attached hydrogen (secondary N) is 1. The molecular weight excluding hydrogens is 322 g/mol. The van der Waals surface area contributed by atoms with Crippen molar-refractivity contribution in [3.8, 4) is 0 Å². The molecule has 0 unspecified atom stereocenters. The maximum Gasteiger partial charge on any atom is 0.234 e. The molecule has 6 nitrogen and oxygen atoms in total. The van der Waals surface area contributed by atoms with Crippen LogP contribution in [0.4, 0.5) is 11.4 Å². The average molecular weight is 345 g/mol. The maximum atomic E-state index is 12.2. The monoisotopic (exact) mass is 345 g/mol. The van der Waals surface area contributed by atoms with Gasteiger partial charge in [-0.05, 0) is 37.1 Å². The molecule has 1 aliphatic heterocycles. The summed E-state index contributed by atoms with van der Waals surface area (Å²) in [7, 11) is 3.98. The number of rotatable bonds is 5. The van der Waals surface area contributed by atoms with E-state index in [4.69, 9.17) is 0 Å². The zero-order valence-electron chi connectivity index (χ0n) is 14.2. The van der Waals surface area contributed by atoms with Gasteiger partial charge in [-0.2, -0.15) is 0 Å². The summed E-state index contributed by atoms with van der Waals surface area (Å²) in [6, 6.07) is 7.81. The van der Waals surface area contributed by atoms with Crippen molar-refractivity contribution >= 4 is 29.0 Å². The van der Waals surface area contributed by atoms with E-state index in [-0.39, 0.29) is 5.91 Å². The predicted molar refractivity (Wildman–Crippen MR) is 97.7 cm³/mol. The molecule has 1 aromatic carbocycles. The number of fused-ring (bicyclic) bond motifs is 1. The fourth-order valence-electron chi connectivity index (χ4n) is 2.74. The Bertz CT molecular complexity index is 696. The highest BCUT2D eigenvalue weighted by atomic mass is 32.2. The molecule has 128 valence electrons. The van der Waals surface area contributed by atoms with E-state index in [2.05, 4.69) is 20.1 Å². The number of amides is 1. The van der Waals surface area contributed by atoms with Crippen LogP contribution in [-0.2, 0) is 17.8 Å². The first kappa shape index (κ1) is 16.8. The number of aromatic nitrogens is 3. The van der Waals surface area contributed by atoms with Crippen LogP contribution >= 0.6 is 11.8 Å². The Morgan fingerprint density at radius 2 is 2.00 bits per heavy atom. The third-order valence-corrected chi connectivity index (χ3v) is 5.04. The van der Waals surface area contributed by atoms with Crippen LogP contribution in [0.5, 0.6) is 0 Å². The number of nitrogens with zero attached hydrogens (tertiary/aromatic N) is 4. The van der Waals surface area contributed by atoms with Crippen molar-refractivity contribution in [3.05, 3.63) is 30.1 Å². The van der Waals surface area contributed by atoms with Crippen molar-refractivity contribution in [1.82, 2.24) is 14.8 Å². The lowest BCUT2D eigenvalue weighted by Crippen LogP contribution is -2.15. The Morgan fingerprint density at radius 3 is 2.75 bits per heavy atom. The van der Waals surface area contributed by atoms with E-state index in [1.165, 1.54) is 24.6 Å². The lowest BCUT2D eigenvalue weighted by atomic mass is 10.2. The fraction of sp³-hybridized carbons (Fsp3) is 0.471. The lowest BCUT2D eigenvalue weighted by Gasteiger charge is -2.13. The molecule has 24 heavy (non-hydrogen) atoms. The summed E-state index contributed by atoms with van der Waals surface area (Å²) in [5.41, 5.74) is 1.92. The summed E-state index contributed by atoms with van der Waals surface area (Å²) < 4.78 is 2.16. The molecule has 0 radical (unpaired) electrons. The number of hydrogen-bond acceptors (Lipinski definition) is 5. The number of aryl methyl sites for hydroxylation is 1. The molecule has 0 spiro atoms. The van der Waals surface area contributed by atoms with E-state index < -0.39 is 0 Å². The summed E-state index contributed by atoms with van der Waals surface area (Å²) in [5, 5.41) is 12.3. The SMILES string of the molecule is CN(C)c1ccc(NC(=O)CSc2nnc3n2CCCCC3)cc1. The first-order chi connectivity index (χ1) is 11.6. The average Bonchev–Trinajstić information content (AvgIpc) is 2.80. The summed E-state index contributed by atoms with van der Waals surface area (Å²) in [6.45, 7) is 0.957. The molecule has 0 saturated heterocycles. The van der Waals surface area contributed by atoms with Gasteiger partial charge in [0.05, 0.1) is 5.75 Å². The second-order valence-corrected chi connectivity index (χ2v) is 7.08. The number of anilines is 2. The molecule has 0 atom stereocenters. The first-order valence-electron chi connectivity index (χ1n) is 8.25. The molecule has 0 fully saturated rings. The van der Waals surface area contributed by atoms with Crippen LogP contribution in [0.2, 0.25) is 0 Å². The predicted octanol–water partition coefficient (Wildman–Crippen LogP) is 2.80. The highest BCUT2D eigenvalue weighted by molar-refractivity contribution is 7.99. The molecule has 2 aromatic rings. The van der Waals surface area contributed by atoms with Gasteiger partial charge in [0.1, 0.15) is 5.82 Å². The quantitative estimate of drug-likeness (QED) is 0.844. The van der Waals surface area contributed by atoms with Crippen LogP contribution in [0.3, 0.4) is 0 Å². The van der Waals surface area contributed by atoms with Gasteiger partial charge in [-0.1, -0.05) is 18.2 Å². The molecule has 1 N–H and O–H groups in total. The van der Waals surface area contributed by atoms with Crippen molar-refractivity contribution < 1.29 is 4.79 Å². The number of benzene rings is 1. The van der Waals surface area contributed by atoms with E-state index in [0.29, 0.717) is 5.75 Å². The minimum absolute atomic E-state index is 0.0245. The molecule has 1 amide bonds. The van der Waals surface area contributed by atoms with Gasteiger partial charge in [-0.3, -0.25) is 4.79 Å². The molecule has 1 aliphatic rings. The number of carbonyl (C=O) groups excluding carboxylic acids is 1. The van der Waals surface area contributed by atoms with Gasteiger partial charge in [0.25, 0.3) is 0 Å². The number of carbonyl (C=O) groups is 1. The van der Waals surface area contributed by atoms with E-state index >= 15 is 0 Å². The molecule has 1 aromatic heterocycles. The van der Waals surface area contributed by atoms with Crippen molar-refractivity contribution in [2.45, 2.75) is 37.4 Å². The fourth-order valence-corrected chi connectivity index (χ4v) is 3.52. The van der Waals surface area contributed by atoms with Crippen molar-refractivity contribution in [1.29, 1.82) is 0 Å². The zero-order chi connectivity index (χ0) is 16.9. The molecule has 0 saturated carbocycles. The van der Waals surface area contributed by atoms with Gasteiger partial charge < -0.3 is 14.8 Å². The highest BCUT2D eigenvalue weighted by Crippen LogP contribution is 2.22. The van der Waals surface area contributed by atoms with Crippen molar-refractivity contribution in [2.75, 3.05) is 30.1 Å². The lowest BCUT2D eigenvalue weighted by molar-refractivity contribution is -0.113. The van der Waals surface area contributed by atoms with Crippen LogP contribution in [0.25, 0.3) is 0 Å². The van der Waals surface area contributed by atoms with Gasteiger partial charge in [0, 0.05) is 38.4 Å². The zero-order valence-corrected chi connectivity index (χ0v) is 15.0. The third-order valence-electron chi connectivity index (χ3n) is 4.08. The standard InChI is InChI=1S/C17H23N5OS/c1-21(2)14-9-7-13(8-10-14)18-16(23)12-24-17-20-19-15-6-4-3-5-11-22(15)17/h7-10H,3-6,11-12H2,1-2H3,(H,18,23). The molecule has 0 bridgehead atoms. The molecular formula is C17H23N5OS. The van der Waals surface area contributed by atoms with E-state index in [1.54, 1.807) is 0 Å². The Kier molecular flexibility index (Phi) is 5.40. The van der Waals surface area contributed by atoms with Crippen LogP contribution in [0, 0.1) is 0 Å². The Morgan fingerprint density at radius 1 is 1.21 bits per heavy atom. The molecule has 7 heteroatoms. The molecule has 2 heterocycles. The van der Waals surface area contributed by atoms with Crippen LogP contribution in [0.15, 0.2) is 29.4 Å². The van der Waals surface area contributed by atoms with Crippen molar-refractivity contribution in [2.24, 2.45) is 0 Å². The highest BCUT2D eigenvalue weighted by Gasteiger charge is 2.16. The van der Waals surface area contributed by atoms with Gasteiger partial charge >= 0.3 is 0 Å². The largest absolute Gasteiger partial charge is 0.378 e. The van der Waals surface area contributed by atoms with Gasteiger partial charge in [-0.15, -0.1) is 10.2 Å². The van der Waals surface area contributed by atoms with Gasteiger partial charge in [-0.25, -0.2) is 0 Å². The summed E-state index contributed by atoms with van der Waals surface area (Å²) in [5.74, 6) is 1.37. The summed E-state index contributed by atoms with van der Waals surface area (Å²) in [4.78, 5) is 14.2. The summed E-state index contributed by atoms with van der Waals surface area (Å²) in [6.07, 6.45) is 4.55. The minimum Gasteiger partial charge on any atom is -0.378 e. The third kappa shape index (κ3) is 4.08. The van der Waals surface area contributed by atoms with Crippen LogP contribution in [0.1, 0.15) is 25.1 Å². The Labute approximate surface area is 146 Å². The Hall–Kier alpha value is -2.02. The van der Waals surface area contributed by atoms with Crippen LogP contribution in [-0.4, -0.2) is 40.5 Å². The molecule has 3 rings (SSSR count). The minimum atomic E-state index is -0.0245. The van der Waals surface area contributed by atoms with E-state index in [1.807, 2.05) is 43.3 Å². The van der Waals surface area contributed by atoms with E-state index in [9.17, 15) is 4.79 Å². The number of hydrogen-bond donors (Lipinski definition) is 1. The smallest absolute Gasteiger partial charge is 0.234 e. The first-order valence-corrected chi connectivity index (χ1v) is 9.24. The normalized spacial score (nSPS) is 13.9. The second kappa shape index (κ2) is 7.70. The maximum absolute atomic E-state index is 12.2. The molecule has 0 aliphatic carbocycles. The Balaban J connectivity index is 1.55. The summed E-state index contributed by atoms with van der Waals surface area (Å²) >= 11 is 1.46.